The molecule has 32 heavy (non-hydrogen) atoms. The zero-order chi connectivity index (χ0) is 22.9. The number of rotatable bonds is 7. The molecule has 0 fully saturated rings. The summed E-state index contributed by atoms with van der Waals surface area (Å²) in [4.78, 5) is 24.1. The average Bonchev–Trinajstić information content (AvgIpc) is 2.79. The van der Waals surface area contributed by atoms with Crippen LogP contribution < -0.4 is 20.8 Å². The molecule has 7 nitrogen and oxygen atoms in total. The van der Waals surface area contributed by atoms with Crippen molar-refractivity contribution >= 4 is 29.4 Å². The van der Waals surface area contributed by atoms with Crippen LogP contribution in [0.15, 0.2) is 71.8 Å². The third-order valence-corrected chi connectivity index (χ3v) is 4.79. The maximum Gasteiger partial charge on any atom is 0.329 e. The first kappa shape index (κ1) is 22.6. The molecule has 0 radical (unpaired) electrons. The smallest absolute Gasteiger partial charge is 0.329 e. The number of hydrogen-bond donors (Lipinski definition) is 3. The summed E-state index contributed by atoms with van der Waals surface area (Å²) in [6.45, 7) is 4.23. The Morgan fingerprint density at radius 1 is 0.969 bits per heavy atom. The molecule has 0 spiro atoms. The van der Waals surface area contributed by atoms with E-state index < -0.39 is 11.8 Å². The molecule has 3 N–H and O–H groups in total. The first-order valence-electron chi connectivity index (χ1n) is 10.1. The Balaban J connectivity index is 1.66. The highest BCUT2D eigenvalue weighted by Gasteiger charge is 2.13. The summed E-state index contributed by atoms with van der Waals surface area (Å²) in [5, 5.41) is 9.89. The van der Waals surface area contributed by atoms with Crippen LogP contribution in [0.1, 0.15) is 22.3 Å². The van der Waals surface area contributed by atoms with Crippen molar-refractivity contribution in [2.75, 3.05) is 12.4 Å². The molecular formula is C25H26N4O3. The maximum atomic E-state index is 12.1. The largest absolute Gasteiger partial charge is 0.495 e. The van der Waals surface area contributed by atoms with Gasteiger partial charge in [0.1, 0.15) is 5.75 Å². The molecule has 0 saturated carbocycles. The highest BCUT2D eigenvalue weighted by Crippen LogP contribution is 2.31. The minimum atomic E-state index is -0.842. The van der Waals surface area contributed by atoms with E-state index in [9.17, 15) is 9.59 Å². The highest BCUT2D eigenvalue weighted by atomic mass is 16.5. The molecule has 3 rings (SSSR count). The first-order valence-corrected chi connectivity index (χ1v) is 10.1. The van der Waals surface area contributed by atoms with Gasteiger partial charge in [-0.2, -0.15) is 5.10 Å². The van der Waals surface area contributed by atoms with Gasteiger partial charge in [-0.15, -0.1) is 0 Å². The summed E-state index contributed by atoms with van der Waals surface area (Å²) in [5.41, 5.74) is 7.65. The van der Waals surface area contributed by atoms with E-state index in [0.29, 0.717) is 17.0 Å². The van der Waals surface area contributed by atoms with Crippen LogP contribution in [0, 0.1) is 13.8 Å². The summed E-state index contributed by atoms with van der Waals surface area (Å²) in [7, 11) is 1.58. The number of hydrogen-bond acceptors (Lipinski definition) is 5. The number of hydrazone groups is 1. The van der Waals surface area contributed by atoms with Crippen molar-refractivity contribution < 1.29 is 14.3 Å². The lowest BCUT2D eigenvalue weighted by molar-refractivity contribution is -0.139. The Labute approximate surface area is 187 Å². The lowest BCUT2D eigenvalue weighted by Gasteiger charge is -2.15. The molecule has 0 aliphatic carbocycles. The van der Waals surface area contributed by atoms with E-state index in [1.807, 2.05) is 80.6 Å². The molecule has 0 heterocycles. The highest BCUT2D eigenvalue weighted by molar-refractivity contribution is 6.35. The molecule has 0 aliphatic heterocycles. The topological polar surface area (TPSA) is 91.8 Å². The predicted octanol–water partition coefficient (Wildman–Crippen LogP) is 3.82. The summed E-state index contributed by atoms with van der Waals surface area (Å²) < 4.78 is 5.47. The van der Waals surface area contributed by atoms with Crippen LogP contribution in [-0.4, -0.2) is 25.1 Å². The van der Waals surface area contributed by atoms with Gasteiger partial charge < -0.3 is 15.4 Å². The lowest BCUT2D eigenvalue weighted by Crippen LogP contribution is -2.37. The van der Waals surface area contributed by atoms with Gasteiger partial charge in [0.25, 0.3) is 0 Å². The minimum absolute atomic E-state index is 0.262. The van der Waals surface area contributed by atoms with E-state index in [0.717, 1.165) is 22.4 Å². The quantitative estimate of drug-likeness (QED) is 0.302. The summed E-state index contributed by atoms with van der Waals surface area (Å²) in [6.07, 6.45) is 1.47. The molecule has 0 unspecified atom stereocenters. The fraction of sp³-hybridized carbons (Fsp3) is 0.160. The van der Waals surface area contributed by atoms with Crippen LogP contribution in [0.25, 0.3) is 0 Å². The standard InChI is InChI=1S/C25H26N4O3/c1-17-8-6-10-19(14-17)15-26-24(30)25(31)29-27-16-20-11-7-13-22(32-3)23(20)28-21-12-5-4-9-18(21)2/h4-14,16,28H,15H2,1-3H3,(H,26,30)(H,29,31)/b27-16-. The van der Waals surface area contributed by atoms with Gasteiger partial charge in [-0.25, -0.2) is 5.43 Å². The summed E-state index contributed by atoms with van der Waals surface area (Å²) >= 11 is 0. The van der Waals surface area contributed by atoms with Crippen LogP contribution >= 0.6 is 0 Å². The Hall–Kier alpha value is -4.13. The monoisotopic (exact) mass is 430 g/mol. The third-order valence-electron chi connectivity index (χ3n) is 4.79. The van der Waals surface area contributed by atoms with Crippen molar-refractivity contribution in [2.45, 2.75) is 20.4 Å². The number of nitrogens with one attached hydrogen (secondary N) is 3. The molecule has 0 aromatic heterocycles. The molecule has 0 bridgehead atoms. The van der Waals surface area contributed by atoms with Crippen molar-refractivity contribution in [2.24, 2.45) is 5.10 Å². The second-order valence-electron chi connectivity index (χ2n) is 7.24. The predicted molar refractivity (Wildman–Crippen MR) is 126 cm³/mol. The Morgan fingerprint density at radius 3 is 2.50 bits per heavy atom. The zero-order valence-electron chi connectivity index (χ0n) is 18.3. The number of nitrogens with zero attached hydrogens (tertiary/aromatic N) is 1. The van der Waals surface area contributed by atoms with Crippen molar-refractivity contribution in [3.05, 3.63) is 89.0 Å². The molecule has 7 heteroatoms. The van der Waals surface area contributed by atoms with Gasteiger partial charge >= 0.3 is 11.8 Å². The normalized spacial score (nSPS) is 10.6. The molecule has 0 saturated heterocycles. The van der Waals surface area contributed by atoms with Crippen molar-refractivity contribution in [3.8, 4) is 5.75 Å². The van der Waals surface area contributed by atoms with E-state index in [-0.39, 0.29) is 6.54 Å². The fourth-order valence-electron chi connectivity index (χ4n) is 3.10. The van der Waals surface area contributed by atoms with E-state index >= 15 is 0 Å². The summed E-state index contributed by atoms with van der Waals surface area (Å²) in [5.74, 6) is -0.975. The number of para-hydroxylation sites is 2. The molecule has 3 aromatic rings. The number of ether oxygens (including phenoxy) is 1. The Morgan fingerprint density at radius 2 is 1.75 bits per heavy atom. The van der Waals surface area contributed by atoms with Gasteiger partial charge in [-0.1, -0.05) is 60.2 Å². The van der Waals surface area contributed by atoms with E-state index in [2.05, 4.69) is 21.2 Å². The maximum absolute atomic E-state index is 12.1. The molecule has 3 aromatic carbocycles. The van der Waals surface area contributed by atoms with Gasteiger partial charge in [0, 0.05) is 17.8 Å². The zero-order valence-corrected chi connectivity index (χ0v) is 18.3. The van der Waals surface area contributed by atoms with Gasteiger partial charge in [-0.05, 0) is 37.1 Å². The second kappa shape index (κ2) is 10.8. The van der Waals surface area contributed by atoms with Gasteiger partial charge in [0.15, 0.2) is 0 Å². The van der Waals surface area contributed by atoms with Crippen LogP contribution in [0.5, 0.6) is 5.75 Å². The van der Waals surface area contributed by atoms with E-state index in [4.69, 9.17) is 4.74 Å². The SMILES string of the molecule is COc1cccc(/C=N\NC(=O)C(=O)NCc2cccc(C)c2)c1Nc1ccccc1C. The number of carbonyl (C=O) groups is 2. The minimum Gasteiger partial charge on any atom is -0.495 e. The Kier molecular flexibility index (Phi) is 7.59. The van der Waals surface area contributed by atoms with Gasteiger partial charge in [-0.3, -0.25) is 9.59 Å². The van der Waals surface area contributed by atoms with Gasteiger partial charge in [0.2, 0.25) is 0 Å². The van der Waals surface area contributed by atoms with E-state index in [1.165, 1.54) is 6.21 Å². The van der Waals surface area contributed by atoms with Crippen LogP contribution in [-0.2, 0) is 16.1 Å². The number of carbonyl (C=O) groups excluding carboxylic acids is 2. The van der Waals surface area contributed by atoms with Crippen molar-refractivity contribution in [3.63, 3.8) is 0 Å². The average molecular weight is 431 g/mol. The second-order valence-corrected chi connectivity index (χ2v) is 7.24. The Bertz CT molecular complexity index is 1140. The van der Waals surface area contributed by atoms with Crippen molar-refractivity contribution in [1.29, 1.82) is 0 Å². The third kappa shape index (κ3) is 5.95. The first-order chi connectivity index (χ1) is 15.5. The number of benzene rings is 3. The molecule has 0 atom stereocenters. The molecule has 0 aliphatic rings. The number of amides is 2. The number of aryl methyl sites for hydroxylation is 2. The summed E-state index contributed by atoms with van der Waals surface area (Å²) in [6, 6.07) is 21.0. The van der Waals surface area contributed by atoms with Crippen molar-refractivity contribution in [1.82, 2.24) is 10.7 Å². The van der Waals surface area contributed by atoms with Crippen LogP contribution in [0.4, 0.5) is 11.4 Å². The number of methoxy groups -OCH3 is 1. The molecule has 2 amide bonds. The molecular weight excluding hydrogens is 404 g/mol. The fourth-order valence-corrected chi connectivity index (χ4v) is 3.10. The van der Waals surface area contributed by atoms with Crippen LogP contribution in [0.3, 0.4) is 0 Å². The molecule has 164 valence electrons. The van der Waals surface area contributed by atoms with Crippen LogP contribution in [0.2, 0.25) is 0 Å². The lowest BCUT2D eigenvalue weighted by atomic mass is 10.1. The van der Waals surface area contributed by atoms with E-state index in [1.54, 1.807) is 7.11 Å². The number of anilines is 2. The van der Waals surface area contributed by atoms with Gasteiger partial charge in [0.05, 0.1) is 19.0 Å².